The van der Waals surface area contributed by atoms with E-state index in [1.807, 2.05) is 24.6 Å². The molecular formula is C20H34N8O. The standard InChI is InChI=1S/C20H34N8O/c1-6-28-9-7-8-16(28)11-21-20(23-13-19-25-24-15(4)27(19)5)22-12-17-10-18(14(2)3)26-29-17/h10,14,16H,6-9,11-13H2,1-5H3,(H2,21,22,23). The van der Waals surface area contributed by atoms with E-state index in [0.717, 1.165) is 42.2 Å². The molecule has 160 valence electrons. The molecule has 1 aliphatic heterocycles. The number of likely N-dealkylation sites (N-methyl/N-ethyl adjacent to an activating group) is 1. The van der Waals surface area contributed by atoms with Crippen LogP contribution in [0.15, 0.2) is 15.6 Å². The van der Waals surface area contributed by atoms with Crippen LogP contribution < -0.4 is 10.6 Å². The van der Waals surface area contributed by atoms with E-state index in [2.05, 4.69) is 51.7 Å². The summed E-state index contributed by atoms with van der Waals surface area (Å²) in [7, 11) is 1.96. The minimum absolute atomic E-state index is 0.348. The van der Waals surface area contributed by atoms with Crippen LogP contribution in [0.4, 0.5) is 0 Å². The molecule has 1 fully saturated rings. The van der Waals surface area contributed by atoms with E-state index >= 15 is 0 Å². The van der Waals surface area contributed by atoms with Crippen molar-refractivity contribution in [2.75, 3.05) is 19.6 Å². The van der Waals surface area contributed by atoms with Crippen molar-refractivity contribution in [1.82, 2.24) is 35.5 Å². The van der Waals surface area contributed by atoms with Gasteiger partial charge in [-0.05, 0) is 38.8 Å². The molecular weight excluding hydrogens is 368 g/mol. The maximum Gasteiger partial charge on any atom is 0.192 e. The number of hydrogen-bond donors (Lipinski definition) is 2. The molecule has 2 aromatic heterocycles. The van der Waals surface area contributed by atoms with Crippen molar-refractivity contribution in [1.29, 1.82) is 0 Å². The Kier molecular flexibility index (Phi) is 7.24. The van der Waals surface area contributed by atoms with E-state index in [4.69, 9.17) is 9.52 Å². The molecule has 1 aliphatic rings. The van der Waals surface area contributed by atoms with Gasteiger partial charge in [-0.25, -0.2) is 4.99 Å². The third-order valence-electron chi connectivity index (χ3n) is 5.57. The van der Waals surface area contributed by atoms with Gasteiger partial charge >= 0.3 is 0 Å². The van der Waals surface area contributed by atoms with Crippen molar-refractivity contribution in [3.05, 3.63) is 29.2 Å². The Bertz CT molecular complexity index is 809. The van der Waals surface area contributed by atoms with E-state index in [9.17, 15) is 0 Å². The van der Waals surface area contributed by atoms with Crippen LogP contribution in [0, 0.1) is 6.92 Å². The zero-order chi connectivity index (χ0) is 20.8. The van der Waals surface area contributed by atoms with Gasteiger partial charge in [-0.2, -0.15) is 0 Å². The van der Waals surface area contributed by atoms with Crippen LogP contribution in [0.1, 0.15) is 62.6 Å². The number of aliphatic imine (C=N–C) groups is 1. The molecule has 9 nitrogen and oxygen atoms in total. The fourth-order valence-electron chi connectivity index (χ4n) is 3.53. The van der Waals surface area contributed by atoms with E-state index in [1.54, 1.807) is 0 Å². The minimum atomic E-state index is 0.348. The topological polar surface area (TPSA) is 96.4 Å². The van der Waals surface area contributed by atoms with Crippen LogP contribution in [-0.4, -0.2) is 56.5 Å². The van der Waals surface area contributed by atoms with Crippen molar-refractivity contribution in [3.63, 3.8) is 0 Å². The molecule has 9 heteroatoms. The van der Waals surface area contributed by atoms with Gasteiger partial charge in [0.25, 0.3) is 0 Å². The van der Waals surface area contributed by atoms with Crippen molar-refractivity contribution in [3.8, 4) is 0 Å². The van der Waals surface area contributed by atoms with Gasteiger partial charge in [0, 0.05) is 25.7 Å². The molecule has 29 heavy (non-hydrogen) atoms. The Morgan fingerprint density at radius 2 is 2.17 bits per heavy atom. The summed E-state index contributed by atoms with van der Waals surface area (Å²) in [4.78, 5) is 7.24. The fraction of sp³-hybridized carbons (Fsp3) is 0.700. The number of aryl methyl sites for hydroxylation is 1. The predicted octanol–water partition coefficient (Wildman–Crippen LogP) is 1.95. The van der Waals surface area contributed by atoms with Gasteiger partial charge in [-0.15, -0.1) is 10.2 Å². The first kappa shape index (κ1) is 21.3. The van der Waals surface area contributed by atoms with Crippen LogP contribution in [0.5, 0.6) is 0 Å². The molecule has 2 aromatic rings. The third kappa shape index (κ3) is 5.56. The summed E-state index contributed by atoms with van der Waals surface area (Å²) in [6, 6.07) is 2.54. The summed E-state index contributed by atoms with van der Waals surface area (Å²) in [6.45, 7) is 12.5. The lowest BCUT2D eigenvalue weighted by Crippen LogP contribution is -2.44. The highest BCUT2D eigenvalue weighted by Gasteiger charge is 2.23. The molecule has 0 radical (unpaired) electrons. The molecule has 0 saturated carbocycles. The Morgan fingerprint density at radius 1 is 1.34 bits per heavy atom. The van der Waals surface area contributed by atoms with Crippen LogP contribution in [0.2, 0.25) is 0 Å². The van der Waals surface area contributed by atoms with Gasteiger partial charge in [-0.3, -0.25) is 4.90 Å². The molecule has 0 aliphatic carbocycles. The molecule has 3 rings (SSSR count). The van der Waals surface area contributed by atoms with Crippen molar-refractivity contribution < 1.29 is 4.52 Å². The van der Waals surface area contributed by atoms with Gasteiger partial charge in [0.15, 0.2) is 17.5 Å². The molecule has 3 heterocycles. The Hall–Kier alpha value is -2.42. The fourth-order valence-corrected chi connectivity index (χ4v) is 3.53. The molecule has 2 N–H and O–H groups in total. The number of aromatic nitrogens is 4. The van der Waals surface area contributed by atoms with E-state index in [0.29, 0.717) is 25.0 Å². The highest BCUT2D eigenvalue weighted by atomic mass is 16.5. The van der Waals surface area contributed by atoms with E-state index in [1.165, 1.54) is 19.4 Å². The maximum absolute atomic E-state index is 5.44. The van der Waals surface area contributed by atoms with Crippen LogP contribution in [0.25, 0.3) is 0 Å². The van der Waals surface area contributed by atoms with Crippen LogP contribution in [-0.2, 0) is 20.1 Å². The molecule has 1 unspecified atom stereocenters. The highest BCUT2D eigenvalue weighted by Crippen LogP contribution is 2.16. The molecule has 0 spiro atoms. The second-order valence-corrected chi connectivity index (χ2v) is 7.92. The average Bonchev–Trinajstić information content (AvgIpc) is 3.43. The summed E-state index contributed by atoms with van der Waals surface area (Å²) < 4.78 is 7.40. The molecule has 1 atom stereocenters. The number of hydrogen-bond acceptors (Lipinski definition) is 6. The molecule has 1 saturated heterocycles. The Morgan fingerprint density at radius 3 is 2.83 bits per heavy atom. The van der Waals surface area contributed by atoms with Crippen molar-refractivity contribution in [2.24, 2.45) is 12.0 Å². The normalized spacial score (nSPS) is 18.0. The molecule has 0 aromatic carbocycles. The zero-order valence-corrected chi connectivity index (χ0v) is 18.3. The van der Waals surface area contributed by atoms with Gasteiger partial charge < -0.3 is 19.7 Å². The summed E-state index contributed by atoms with van der Waals surface area (Å²) in [5.74, 6) is 3.61. The second kappa shape index (κ2) is 9.87. The smallest absolute Gasteiger partial charge is 0.192 e. The first-order chi connectivity index (χ1) is 14.0. The lowest BCUT2D eigenvalue weighted by molar-refractivity contribution is 0.267. The predicted molar refractivity (Wildman–Crippen MR) is 113 cm³/mol. The summed E-state index contributed by atoms with van der Waals surface area (Å²) in [5, 5.41) is 19.3. The lowest BCUT2D eigenvalue weighted by atomic mass is 10.1. The largest absolute Gasteiger partial charge is 0.359 e. The number of likely N-dealkylation sites (tertiary alicyclic amines) is 1. The quantitative estimate of drug-likeness (QED) is 0.515. The lowest BCUT2D eigenvalue weighted by Gasteiger charge is -2.24. The molecule has 0 bridgehead atoms. The van der Waals surface area contributed by atoms with E-state index < -0.39 is 0 Å². The summed E-state index contributed by atoms with van der Waals surface area (Å²) in [5.41, 5.74) is 0.965. The van der Waals surface area contributed by atoms with Gasteiger partial charge in [0.2, 0.25) is 0 Å². The Labute approximate surface area is 173 Å². The summed E-state index contributed by atoms with van der Waals surface area (Å²) in [6.07, 6.45) is 2.48. The first-order valence-electron chi connectivity index (χ1n) is 10.5. The zero-order valence-electron chi connectivity index (χ0n) is 18.3. The maximum atomic E-state index is 5.44. The van der Waals surface area contributed by atoms with Crippen molar-refractivity contribution >= 4 is 5.96 Å². The minimum Gasteiger partial charge on any atom is -0.359 e. The average molecular weight is 403 g/mol. The van der Waals surface area contributed by atoms with Crippen molar-refractivity contribution in [2.45, 2.75) is 65.6 Å². The van der Waals surface area contributed by atoms with Gasteiger partial charge in [0.05, 0.1) is 12.2 Å². The van der Waals surface area contributed by atoms with Crippen LogP contribution >= 0.6 is 0 Å². The number of nitrogens with zero attached hydrogens (tertiary/aromatic N) is 6. The number of nitrogens with one attached hydrogen (secondary N) is 2. The van der Waals surface area contributed by atoms with E-state index in [-0.39, 0.29) is 0 Å². The third-order valence-corrected chi connectivity index (χ3v) is 5.57. The summed E-state index contributed by atoms with van der Waals surface area (Å²) >= 11 is 0. The number of guanidine groups is 1. The first-order valence-corrected chi connectivity index (χ1v) is 10.5. The monoisotopic (exact) mass is 402 g/mol. The van der Waals surface area contributed by atoms with Gasteiger partial charge in [-0.1, -0.05) is 25.9 Å². The number of rotatable bonds is 8. The second-order valence-electron chi connectivity index (χ2n) is 7.92. The SMILES string of the molecule is CCN1CCCC1CNC(=NCc1nnc(C)n1C)NCc1cc(C(C)C)no1. The highest BCUT2D eigenvalue weighted by molar-refractivity contribution is 5.79. The molecule has 0 amide bonds. The Balaban J connectivity index is 1.64. The van der Waals surface area contributed by atoms with Gasteiger partial charge in [0.1, 0.15) is 12.4 Å². The van der Waals surface area contributed by atoms with Crippen LogP contribution in [0.3, 0.4) is 0 Å².